The molecule has 0 aliphatic rings. The van der Waals surface area contributed by atoms with Crippen LogP contribution in [0.2, 0.25) is 0 Å². The molecule has 1 N–H and O–H groups in total. The molecule has 0 saturated carbocycles. The van der Waals surface area contributed by atoms with Crippen LogP contribution in [0, 0.1) is 0 Å². The van der Waals surface area contributed by atoms with Gasteiger partial charge in [-0.1, -0.05) is 6.58 Å². The van der Waals surface area contributed by atoms with E-state index in [9.17, 15) is 14.4 Å². The minimum atomic E-state index is -0.861. The molecule has 0 aliphatic heterocycles. The topological polar surface area (TPSA) is 81.7 Å². The maximum absolute atomic E-state index is 11.5. The maximum atomic E-state index is 11.5. The highest BCUT2D eigenvalue weighted by molar-refractivity contribution is 5.91. The molecule has 0 heterocycles. The van der Waals surface area contributed by atoms with Gasteiger partial charge in [0, 0.05) is 6.42 Å². The summed E-state index contributed by atoms with van der Waals surface area (Å²) in [5, 5.41) is 2.41. The van der Waals surface area contributed by atoms with Crippen LogP contribution in [-0.2, 0) is 23.9 Å². The normalized spacial score (nSPS) is 11.2. The van der Waals surface area contributed by atoms with Crippen molar-refractivity contribution in [2.45, 2.75) is 32.7 Å². The highest BCUT2D eigenvalue weighted by Gasteiger charge is 2.22. The smallest absolute Gasteiger partial charge is 0.328 e. The molecule has 6 heteroatoms. The molecule has 0 aromatic carbocycles. The van der Waals surface area contributed by atoms with Crippen LogP contribution in [0.3, 0.4) is 0 Å². The fraction of sp³-hybridized carbons (Fsp3) is 0.583. The fourth-order valence-electron chi connectivity index (χ4n) is 1.22. The van der Waals surface area contributed by atoms with Gasteiger partial charge in [0.05, 0.1) is 13.2 Å². The molecule has 0 rings (SSSR count). The standard InChI is InChI=1S/C12H19NO5/c1-4-10(14)13-9(12(16)18-6-3)7-8-11(15)17-5-2/h4,9H,1,5-8H2,2-3H3,(H,13,14)/t9-/m1/s1. The third-order valence-electron chi connectivity index (χ3n) is 2.02. The van der Waals surface area contributed by atoms with Crippen LogP contribution in [0.25, 0.3) is 0 Å². The lowest BCUT2D eigenvalue weighted by Crippen LogP contribution is -2.41. The van der Waals surface area contributed by atoms with Gasteiger partial charge in [0.25, 0.3) is 0 Å². The summed E-state index contributed by atoms with van der Waals surface area (Å²) >= 11 is 0. The summed E-state index contributed by atoms with van der Waals surface area (Å²) in [6, 6.07) is -0.861. The summed E-state index contributed by atoms with van der Waals surface area (Å²) in [5.74, 6) is -1.48. The number of hydrogen-bond donors (Lipinski definition) is 1. The molecule has 102 valence electrons. The Bertz CT molecular complexity index is 314. The zero-order chi connectivity index (χ0) is 14.0. The van der Waals surface area contributed by atoms with Crippen LogP contribution < -0.4 is 5.32 Å². The first-order valence-corrected chi connectivity index (χ1v) is 5.80. The molecule has 0 radical (unpaired) electrons. The molecule has 0 unspecified atom stereocenters. The lowest BCUT2D eigenvalue weighted by atomic mass is 10.1. The van der Waals surface area contributed by atoms with E-state index in [0.717, 1.165) is 6.08 Å². The molecule has 1 amide bonds. The summed E-state index contributed by atoms with van der Waals surface area (Å²) < 4.78 is 9.54. The second-order valence-electron chi connectivity index (χ2n) is 3.36. The van der Waals surface area contributed by atoms with Gasteiger partial charge in [-0.2, -0.15) is 0 Å². The monoisotopic (exact) mass is 257 g/mol. The number of carbonyl (C=O) groups excluding carboxylic acids is 3. The second-order valence-corrected chi connectivity index (χ2v) is 3.36. The average Bonchev–Trinajstić information content (AvgIpc) is 2.34. The molecular formula is C12H19NO5. The number of nitrogens with one attached hydrogen (secondary N) is 1. The predicted octanol–water partition coefficient (Wildman–Crippen LogP) is 0.564. The zero-order valence-electron chi connectivity index (χ0n) is 10.7. The summed E-state index contributed by atoms with van der Waals surface area (Å²) in [7, 11) is 0. The van der Waals surface area contributed by atoms with Crippen molar-refractivity contribution in [3.8, 4) is 0 Å². The Balaban J connectivity index is 4.37. The van der Waals surface area contributed by atoms with E-state index >= 15 is 0 Å². The van der Waals surface area contributed by atoms with Crippen LogP contribution in [0.15, 0.2) is 12.7 Å². The molecule has 0 spiro atoms. The Hall–Kier alpha value is -1.85. The van der Waals surface area contributed by atoms with Gasteiger partial charge in [-0.25, -0.2) is 4.79 Å². The van der Waals surface area contributed by atoms with Crippen LogP contribution in [-0.4, -0.2) is 37.1 Å². The van der Waals surface area contributed by atoms with E-state index in [1.807, 2.05) is 0 Å². The molecule has 0 aromatic heterocycles. The van der Waals surface area contributed by atoms with Crippen molar-refractivity contribution >= 4 is 17.8 Å². The van der Waals surface area contributed by atoms with E-state index in [4.69, 9.17) is 9.47 Å². The molecule has 18 heavy (non-hydrogen) atoms. The van der Waals surface area contributed by atoms with Crippen LogP contribution >= 0.6 is 0 Å². The lowest BCUT2D eigenvalue weighted by Gasteiger charge is -2.15. The van der Waals surface area contributed by atoms with Gasteiger partial charge in [-0.15, -0.1) is 0 Å². The summed E-state index contributed by atoms with van der Waals surface area (Å²) in [4.78, 5) is 33.9. The Morgan fingerprint density at radius 3 is 2.33 bits per heavy atom. The third-order valence-corrected chi connectivity index (χ3v) is 2.02. The Labute approximate surface area is 106 Å². The van der Waals surface area contributed by atoms with Gasteiger partial charge in [0.1, 0.15) is 6.04 Å². The van der Waals surface area contributed by atoms with E-state index in [1.165, 1.54) is 0 Å². The maximum Gasteiger partial charge on any atom is 0.328 e. The van der Waals surface area contributed by atoms with Crippen molar-refractivity contribution in [2.75, 3.05) is 13.2 Å². The third kappa shape index (κ3) is 6.67. The molecular weight excluding hydrogens is 238 g/mol. The minimum absolute atomic E-state index is 0.0365. The van der Waals surface area contributed by atoms with Gasteiger partial charge in [0.15, 0.2) is 0 Å². The first-order chi connectivity index (χ1) is 8.54. The average molecular weight is 257 g/mol. The molecule has 0 saturated heterocycles. The van der Waals surface area contributed by atoms with Crippen molar-refractivity contribution < 1.29 is 23.9 Å². The second kappa shape index (κ2) is 9.21. The molecule has 0 bridgehead atoms. The van der Waals surface area contributed by atoms with Gasteiger partial charge in [-0.05, 0) is 26.3 Å². The van der Waals surface area contributed by atoms with Crippen molar-refractivity contribution in [1.29, 1.82) is 0 Å². The van der Waals surface area contributed by atoms with Gasteiger partial charge in [0.2, 0.25) is 5.91 Å². The summed E-state index contributed by atoms with van der Waals surface area (Å²) in [6.45, 7) is 7.13. The molecule has 1 atom stereocenters. The number of hydrogen-bond acceptors (Lipinski definition) is 5. The molecule has 6 nitrogen and oxygen atoms in total. The Kier molecular flexibility index (Phi) is 8.26. The Morgan fingerprint density at radius 2 is 1.83 bits per heavy atom. The predicted molar refractivity (Wildman–Crippen MR) is 64.6 cm³/mol. The van der Waals surface area contributed by atoms with Gasteiger partial charge in [-0.3, -0.25) is 9.59 Å². The van der Waals surface area contributed by atoms with Gasteiger partial charge < -0.3 is 14.8 Å². The SMILES string of the molecule is C=CC(=O)N[C@H](CCC(=O)OCC)C(=O)OCC. The van der Waals surface area contributed by atoms with Gasteiger partial charge >= 0.3 is 11.9 Å². The van der Waals surface area contributed by atoms with Crippen molar-refractivity contribution in [3.05, 3.63) is 12.7 Å². The van der Waals surface area contributed by atoms with E-state index in [-0.39, 0.29) is 26.1 Å². The highest BCUT2D eigenvalue weighted by atomic mass is 16.5. The number of rotatable bonds is 8. The van der Waals surface area contributed by atoms with Crippen molar-refractivity contribution in [3.63, 3.8) is 0 Å². The van der Waals surface area contributed by atoms with E-state index in [0.29, 0.717) is 0 Å². The van der Waals surface area contributed by atoms with E-state index < -0.39 is 23.9 Å². The molecule has 0 aromatic rings. The fourth-order valence-corrected chi connectivity index (χ4v) is 1.22. The Morgan fingerprint density at radius 1 is 1.22 bits per heavy atom. The number of carbonyl (C=O) groups is 3. The van der Waals surface area contributed by atoms with Crippen LogP contribution in [0.4, 0.5) is 0 Å². The quantitative estimate of drug-likeness (QED) is 0.507. The first kappa shape index (κ1) is 16.1. The molecule has 0 aliphatic carbocycles. The lowest BCUT2D eigenvalue weighted by molar-refractivity contribution is -0.148. The largest absolute Gasteiger partial charge is 0.466 e. The van der Waals surface area contributed by atoms with Crippen molar-refractivity contribution in [2.24, 2.45) is 0 Å². The van der Waals surface area contributed by atoms with Crippen molar-refractivity contribution in [1.82, 2.24) is 5.32 Å². The number of esters is 2. The summed E-state index contributed by atoms with van der Waals surface area (Å²) in [5.41, 5.74) is 0. The number of ether oxygens (including phenoxy) is 2. The first-order valence-electron chi connectivity index (χ1n) is 5.80. The van der Waals surface area contributed by atoms with E-state index in [1.54, 1.807) is 13.8 Å². The van der Waals surface area contributed by atoms with Crippen LogP contribution in [0.5, 0.6) is 0 Å². The zero-order valence-corrected chi connectivity index (χ0v) is 10.7. The molecule has 0 fully saturated rings. The summed E-state index contributed by atoms with van der Waals surface area (Å²) in [6.07, 6.45) is 1.22. The highest BCUT2D eigenvalue weighted by Crippen LogP contribution is 2.02. The number of amides is 1. The van der Waals surface area contributed by atoms with E-state index in [2.05, 4.69) is 11.9 Å². The minimum Gasteiger partial charge on any atom is -0.466 e. The van der Waals surface area contributed by atoms with Crippen LogP contribution in [0.1, 0.15) is 26.7 Å².